The summed E-state index contributed by atoms with van der Waals surface area (Å²) < 4.78 is 5.47. The largest absolute Gasteiger partial charge is 0.465 e. The van der Waals surface area contributed by atoms with Crippen LogP contribution in [0.15, 0.2) is 22.7 Å². The zero-order chi connectivity index (χ0) is 14.4. The molecule has 1 aromatic carbocycles. The molecule has 0 aliphatic heterocycles. The van der Waals surface area contributed by atoms with Crippen molar-refractivity contribution in [1.82, 2.24) is 10.2 Å². The van der Waals surface area contributed by atoms with E-state index in [2.05, 4.69) is 26.0 Å². The van der Waals surface area contributed by atoms with Gasteiger partial charge in [-0.25, -0.2) is 4.79 Å². The zero-order valence-corrected chi connectivity index (χ0v) is 12.8. The highest BCUT2D eigenvalue weighted by molar-refractivity contribution is 9.10. The molecule has 1 amide bonds. The van der Waals surface area contributed by atoms with Crippen LogP contribution >= 0.6 is 15.9 Å². The fourth-order valence-corrected chi connectivity index (χ4v) is 2.10. The molecule has 0 saturated heterocycles. The summed E-state index contributed by atoms with van der Waals surface area (Å²) in [5.41, 5.74) is 1.49. The van der Waals surface area contributed by atoms with Crippen LogP contribution in [0.3, 0.4) is 0 Å². The number of amides is 1. The first kappa shape index (κ1) is 15.7. The van der Waals surface area contributed by atoms with Crippen LogP contribution in [0.4, 0.5) is 0 Å². The Bertz CT molecular complexity index is 477. The van der Waals surface area contributed by atoms with E-state index in [9.17, 15) is 9.59 Å². The summed E-state index contributed by atoms with van der Waals surface area (Å²) in [5, 5.41) is 2.57. The van der Waals surface area contributed by atoms with Gasteiger partial charge >= 0.3 is 5.97 Å². The maximum atomic E-state index is 11.4. The van der Waals surface area contributed by atoms with Gasteiger partial charge in [-0.2, -0.15) is 0 Å². The van der Waals surface area contributed by atoms with Crippen molar-refractivity contribution in [2.75, 3.05) is 27.7 Å². The van der Waals surface area contributed by atoms with Crippen molar-refractivity contribution in [3.8, 4) is 0 Å². The number of ether oxygens (including phenoxy) is 1. The lowest BCUT2D eigenvalue weighted by atomic mass is 10.1. The molecule has 0 heterocycles. The number of benzene rings is 1. The summed E-state index contributed by atoms with van der Waals surface area (Å²) >= 11 is 3.42. The van der Waals surface area contributed by atoms with E-state index >= 15 is 0 Å². The molecule has 0 aliphatic rings. The van der Waals surface area contributed by atoms with Gasteiger partial charge in [-0.05, 0) is 24.7 Å². The van der Waals surface area contributed by atoms with Gasteiger partial charge in [-0.1, -0.05) is 22.0 Å². The third kappa shape index (κ3) is 4.65. The lowest BCUT2D eigenvalue weighted by Crippen LogP contribution is -2.32. The highest BCUT2D eigenvalue weighted by Gasteiger charge is 2.11. The van der Waals surface area contributed by atoms with Crippen LogP contribution in [0.5, 0.6) is 0 Å². The summed E-state index contributed by atoms with van der Waals surface area (Å²) in [7, 11) is 4.81. The van der Waals surface area contributed by atoms with Gasteiger partial charge in [0, 0.05) is 18.1 Å². The smallest absolute Gasteiger partial charge is 0.337 e. The Labute approximate surface area is 121 Å². The molecule has 0 aliphatic carbocycles. The van der Waals surface area contributed by atoms with Gasteiger partial charge in [0.15, 0.2) is 0 Å². The van der Waals surface area contributed by atoms with E-state index in [0.29, 0.717) is 18.7 Å². The Hall–Kier alpha value is -1.40. The fraction of sp³-hybridized carbons (Fsp3) is 0.385. The Kier molecular flexibility index (Phi) is 5.98. The van der Waals surface area contributed by atoms with Gasteiger partial charge in [0.1, 0.15) is 0 Å². The van der Waals surface area contributed by atoms with E-state index < -0.39 is 0 Å². The number of halogens is 1. The van der Waals surface area contributed by atoms with E-state index in [4.69, 9.17) is 0 Å². The van der Waals surface area contributed by atoms with Crippen LogP contribution in [-0.2, 0) is 16.1 Å². The van der Waals surface area contributed by atoms with Gasteiger partial charge in [-0.3, -0.25) is 9.69 Å². The number of rotatable bonds is 5. The number of carbonyl (C=O) groups excluding carboxylic acids is 2. The van der Waals surface area contributed by atoms with Gasteiger partial charge < -0.3 is 10.1 Å². The predicted octanol–water partition coefficient (Wildman–Crippen LogP) is 1.41. The molecule has 0 aromatic heterocycles. The number of esters is 1. The van der Waals surface area contributed by atoms with Crippen molar-refractivity contribution in [1.29, 1.82) is 0 Å². The van der Waals surface area contributed by atoms with Crippen molar-refractivity contribution in [2.24, 2.45) is 0 Å². The minimum absolute atomic E-state index is 0.0372. The van der Waals surface area contributed by atoms with Crippen LogP contribution in [-0.4, -0.2) is 44.5 Å². The van der Waals surface area contributed by atoms with Crippen molar-refractivity contribution in [2.45, 2.75) is 6.54 Å². The molecule has 0 unspecified atom stereocenters. The molecule has 0 spiro atoms. The van der Waals surface area contributed by atoms with Gasteiger partial charge in [-0.15, -0.1) is 0 Å². The second kappa shape index (κ2) is 7.25. The highest BCUT2D eigenvalue weighted by Crippen LogP contribution is 2.20. The van der Waals surface area contributed by atoms with E-state index in [1.807, 2.05) is 18.0 Å². The molecule has 1 N–H and O–H groups in total. The molecule has 0 saturated carbocycles. The highest BCUT2D eigenvalue weighted by atomic mass is 79.9. The van der Waals surface area contributed by atoms with Crippen molar-refractivity contribution in [3.63, 3.8) is 0 Å². The van der Waals surface area contributed by atoms with Gasteiger partial charge in [0.05, 0.1) is 19.2 Å². The molecule has 1 aromatic rings. The first-order valence-electron chi connectivity index (χ1n) is 5.73. The molecule has 6 heteroatoms. The summed E-state index contributed by atoms with van der Waals surface area (Å²) in [5.74, 6) is -0.407. The fourth-order valence-electron chi connectivity index (χ4n) is 1.59. The summed E-state index contributed by atoms with van der Waals surface area (Å²) in [6.07, 6.45) is 0. The van der Waals surface area contributed by atoms with Crippen LogP contribution in [0, 0.1) is 0 Å². The number of likely N-dealkylation sites (N-methyl/N-ethyl adjacent to an activating group) is 2. The second-order valence-electron chi connectivity index (χ2n) is 4.14. The SMILES string of the molecule is CNC(=O)CN(C)Cc1ccc(C(=O)OC)cc1Br. The number of nitrogens with zero attached hydrogens (tertiary/aromatic N) is 1. The van der Waals surface area contributed by atoms with Crippen molar-refractivity contribution < 1.29 is 14.3 Å². The minimum atomic E-state index is -0.369. The monoisotopic (exact) mass is 328 g/mol. The Morgan fingerprint density at radius 3 is 2.63 bits per heavy atom. The van der Waals surface area contributed by atoms with Gasteiger partial charge in [0.25, 0.3) is 0 Å². The number of hydrogen-bond donors (Lipinski definition) is 1. The predicted molar refractivity (Wildman–Crippen MR) is 75.9 cm³/mol. The number of methoxy groups -OCH3 is 1. The molecule has 19 heavy (non-hydrogen) atoms. The quantitative estimate of drug-likeness (QED) is 0.830. The molecular weight excluding hydrogens is 312 g/mol. The van der Waals surface area contributed by atoms with Crippen LogP contribution in [0.2, 0.25) is 0 Å². The lowest BCUT2D eigenvalue weighted by Gasteiger charge is -2.16. The first-order valence-corrected chi connectivity index (χ1v) is 6.53. The van der Waals surface area contributed by atoms with E-state index in [0.717, 1.165) is 10.0 Å². The number of nitrogens with one attached hydrogen (secondary N) is 1. The van der Waals surface area contributed by atoms with Crippen molar-refractivity contribution in [3.05, 3.63) is 33.8 Å². The minimum Gasteiger partial charge on any atom is -0.465 e. The first-order chi connectivity index (χ1) is 8.97. The molecule has 1 rings (SSSR count). The Morgan fingerprint density at radius 1 is 1.42 bits per heavy atom. The number of hydrogen-bond acceptors (Lipinski definition) is 4. The maximum absolute atomic E-state index is 11.4. The third-order valence-corrected chi connectivity index (χ3v) is 3.34. The zero-order valence-electron chi connectivity index (χ0n) is 11.2. The average molecular weight is 329 g/mol. The van der Waals surface area contributed by atoms with E-state index in [1.165, 1.54) is 7.11 Å². The molecular formula is C13H17BrN2O3. The van der Waals surface area contributed by atoms with Crippen LogP contribution < -0.4 is 5.32 Å². The Morgan fingerprint density at radius 2 is 2.11 bits per heavy atom. The van der Waals surface area contributed by atoms with Crippen LogP contribution in [0.1, 0.15) is 15.9 Å². The molecule has 0 atom stereocenters. The molecule has 104 valence electrons. The maximum Gasteiger partial charge on any atom is 0.337 e. The average Bonchev–Trinajstić information content (AvgIpc) is 2.39. The lowest BCUT2D eigenvalue weighted by molar-refractivity contribution is -0.121. The molecule has 0 fully saturated rings. The summed E-state index contributed by atoms with van der Waals surface area (Å²) in [6.45, 7) is 0.928. The van der Waals surface area contributed by atoms with E-state index in [1.54, 1.807) is 19.2 Å². The summed E-state index contributed by atoms with van der Waals surface area (Å²) in [6, 6.07) is 5.27. The number of carbonyl (C=O) groups is 2. The summed E-state index contributed by atoms with van der Waals surface area (Å²) in [4.78, 5) is 24.5. The Balaban J connectivity index is 2.74. The third-order valence-electron chi connectivity index (χ3n) is 2.61. The molecule has 0 bridgehead atoms. The second-order valence-corrected chi connectivity index (χ2v) is 5.00. The van der Waals surface area contributed by atoms with Crippen molar-refractivity contribution >= 4 is 27.8 Å². The standard InChI is InChI=1S/C13H17BrN2O3/c1-15-12(17)8-16(2)7-10-5-4-9(6-11(10)14)13(18)19-3/h4-6H,7-8H2,1-3H3,(H,15,17). The van der Waals surface area contributed by atoms with E-state index in [-0.39, 0.29) is 11.9 Å². The molecule has 0 radical (unpaired) electrons. The van der Waals surface area contributed by atoms with Gasteiger partial charge in [0.2, 0.25) is 5.91 Å². The normalized spacial score (nSPS) is 10.4. The van der Waals surface area contributed by atoms with Crippen LogP contribution in [0.25, 0.3) is 0 Å². The topological polar surface area (TPSA) is 58.6 Å². The molecule has 5 nitrogen and oxygen atoms in total.